The summed E-state index contributed by atoms with van der Waals surface area (Å²) in [5, 5.41) is 0.694. The number of carbonyl (C=O) groups excluding carboxylic acids is 1. The highest BCUT2D eigenvalue weighted by atomic mass is 35.5. The number of halogens is 1. The van der Waals surface area contributed by atoms with E-state index >= 15 is 0 Å². The Morgan fingerprint density at radius 2 is 1.52 bits per heavy atom. The lowest BCUT2D eigenvalue weighted by Gasteiger charge is -2.00. The molecule has 0 N–H and O–H groups in total. The molecule has 0 amide bonds. The predicted molar refractivity (Wildman–Crippen MR) is 105 cm³/mol. The SMILES string of the molecule is O=C(/C=C/c1ccccc1N=Cc1ccc(Cl)cc1)c1ccccc1. The monoisotopic (exact) mass is 345 g/mol. The third kappa shape index (κ3) is 4.75. The lowest BCUT2D eigenvalue weighted by molar-refractivity contribution is 0.104. The number of nitrogens with zero attached hydrogens (tertiary/aromatic N) is 1. The number of carbonyl (C=O) groups is 1. The highest BCUT2D eigenvalue weighted by molar-refractivity contribution is 6.30. The fourth-order valence-corrected chi connectivity index (χ4v) is 2.43. The summed E-state index contributed by atoms with van der Waals surface area (Å²) in [6, 6.07) is 24.4. The summed E-state index contributed by atoms with van der Waals surface area (Å²) in [4.78, 5) is 16.7. The fraction of sp³-hybridized carbons (Fsp3) is 0. The normalized spacial score (nSPS) is 11.2. The quantitative estimate of drug-likeness (QED) is 0.317. The first-order valence-electron chi connectivity index (χ1n) is 7.88. The second-order valence-corrected chi connectivity index (χ2v) is 5.87. The van der Waals surface area contributed by atoms with E-state index in [9.17, 15) is 4.79 Å². The molecule has 3 rings (SSSR count). The van der Waals surface area contributed by atoms with Gasteiger partial charge in [0.1, 0.15) is 0 Å². The van der Waals surface area contributed by atoms with Crippen LogP contribution in [0.4, 0.5) is 5.69 Å². The van der Waals surface area contributed by atoms with Crippen LogP contribution in [0.2, 0.25) is 5.02 Å². The molecule has 0 aliphatic rings. The second kappa shape index (κ2) is 8.22. The van der Waals surface area contributed by atoms with Gasteiger partial charge in [0.2, 0.25) is 0 Å². The smallest absolute Gasteiger partial charge is 0.185 e. The second-order valence-electron chi connectivity index (χ2n) is 5.43. The maximum absolute atomic E-state index is 12.2. The van der Waals surface area contributed by atoms with E-state index in [0.717, 1.165) is 16.8 Å². The van der Waals surface area contributed by atoms with Gasteiger partial charge in [-0.3, -0.25) is 9.79 Å². The molecule has 0 atom stereocenters. The van der Waals surface area contributed by atoms with Crippen LogP contribution >= 0.6 is 11.6 Å². The Balaban J connectivity index is 1.80. The molecular weight excluding hydrogens is 330 g/mol. The molecule has 0 saturated heterocycles. The Kier molecular flexibility index (Phi) is 5.55. The molecule has 0 aliphatic carbocycles. The summed E-state index contributed by atoms with van der Waals surface area (Å²) in [6.07, 6.45) is 5.15. The molecule has 0 radical (unpaired) electrons. The van der Waals surface area contributed by atoms with Gasteiger partial charge < -0.3 is 0 Å². The zero-order valence-corrected chi connectivity index (χ0v) is 14.2. The summed E-state index contributed by atoms with van der Waals surface area (Å²) in [5.41, 5.74) is 3.32. The van der Waals surface area contributed by atoms with Crippen LogP contribution in [-0.4, -0.2) is 12.0 Å². The van der Waals surface area contributed by atoms with Crippen molar-refractivity contribution in [1.29, 1.82) is 0 Å². The molecule has 25 heavy (non-hydrogen) atoms. The summed E-state index contributed by atoms with van der Waals surface area (Å²) in [6.45, 7) is 0. The van der Waals surface area contributed by atoms with Crippen molar-refractivity contribution in [3.8, 4) is 0 Å². The van der Waals surface area contributed by atoms with E-state index in [1.54, 1.807) is 30.5 Å². The predicted octanol–water partition coefficient (Wildman–Crippen LogP) is 5.99. The lowest BCUT2D eigenvalue weighted by Crippen LogP contribution is -1.92. The van der Waals surface area contributed by atoms with Crippen LogP contribution in [0.25, 0.3) is 6.08 Å². The number of benzene rings is 3. The molecule has 0 bridgehead atoms. The molecule has 3 aromatic rings. The number of ketones is 1. The van der Waals surface area contributed by atoms with E-state index in [-0.39, 0.29) is 5.78 Å². The van der Waals surface area contributed by atoms with E-state index in [1.807, 2.05) is 66.7 Å². The van der Waals surface area contributed by atoms with Gasteiger partial charge >= 0.3 is 0 Å². The molecule has 122 valence electrons. The van der Waals surface area contributed by atoms with Crippen molar-refractivity contribution < 1.29 is 4.79 Å². The van der Waals surface area contributed by atoms with Gasteiger partial charge in [0.25, 0.3) is 0 Å². The van der Waals surface area contributed by atoms with Crippen LogP contribution in [-0.2, 0) is 0 Å². The minimum Gasteiger partial charge on any atom is -0.289 e. The Morgan fingerprint density at radius 1 is 0.840 bits per heavy atom. The molecular formula is C22H16ClNO. The van der Waals surface area contributed by atoms with Crippen LogP contribution in [0, 0.1) is 0 Å². The Morgan fingerprint density at radius 3 is 2.28 bits per heavy atom. The zero-order chi connectivity index (χ0) is 17.5. The van der Waals surface area contributed by atoms with Crippen LogP contribution in [0.3, 0.4) is 0 Å². The van der Waals surface area contributed by atoms with E-state index in [4.69, 9.17) is 11.6 Å². The summed E-state index contributed by atoms with van der Waals surface area (Å²) < 4.78 is 0. The minimum absolute atomic E-state index is 0.0305. The van der Waals surface area contributed by atoms with Crippen molar-refractivity contribution >= 4 is 35.4 Å². The molecule has 2 nitrogen and oxygen atoms in total. The van der Waals surface area contributed by atoms with Crippen molar-refractivity contribution in [2.75, 3.05) is 0 Å². The van der Waals surface area contributed by atoms with Crippen molar-refractivity contribution in [2.45, 2.75) is 0 Å². The molecule has 0 heterocycles. The van der Waals surface area contributed by atoms with Crippen molar-refractivity contribution in [3.63, 3.8) is 0 Å². The van der Waals surface area contributed by atoms with Gasteiger partial charge in [0.05, 0.1) is 5.69 Å². The molecule has 0 aliphatic heterocycles. The molecule has 0 aromatic heterocycles. The standard InChI is InChI=1S/C22H16ClNO/c23-20-13-10-17(11-14-20)16-24-21-9-5-4-6-18(21)12-15-22(25)19-7-2-1-3-8-19/h1-16H/b15-12+,24-16?. The van der Waals surface area contributed by atoms with Crippen LogP contribution in [0.1, 0.15) is 21.5 Å². The van der Waals surface area contributed by atoms with E-state index in [2.05, 4.69) is 4.99 Å². The maximum atomic E-state index is 12.2. The topological polar surface area (TPSA) is 29.4 Å². The Hall–Kier alpha value is -2.97. The third-order valence-electron chi connectivity index (χ3n) is 3.63. The summed E-state index contributed by atoms with van der Waals surface area (Å²) >= 11 is 5.89. The highest BCUT2D eigenvalue weighted by Gasteiger charge is 2.01. The van der Waals surface area contributed by atoms with Gasteiger partial charge in [-0.25, -0.2) is 0 Å². The van der Waals surface area contributed by atoms with Crippen molar-refractivity contribution in [1.82, 2.24) is 0 Å². The number of para-hydroxylation sites is 1. The minimum atomic E-state index is -0.0305. The maximum Gasteiger partial charge on any atom is 0.185 e. The van der Waals surface area contributed by atoms with Gasteiger partial charge in [-0.05, 0) is 35.9 Å². The van der Waals surface area contributed by atoms with Crippen molar-refractivity contribution in [3.05, 3.63) is 107 Å². The first kappa shape index (κ1) is 16.9. The van der Waals surface area contributed by atoms with Gasteiger partial charge in [0, 0.05) is 22.4 Å². The average molecular weight is 346 g/mol. The molecule has 0 fully saturated rings. The Bertz CT molecular complexity index is 912. The van der Waals surface area contributed by atoms with Gasteiger partial charge in [-0.15, -0.1) is 0 Å². The number of hydrogen-bond acceptors (Lipinski definition) is 2. The van der Waals surface area contributed by atoms with Gasteiger partial charge in [-0.1, -0.05) is 72.3 Å². The average Bonchev–Trinajstić information content (AvgIpc) is 2.67. The number of rotatable bonds is 5. The molecule has 0 unspecified atom stereocenters. The van der Waals surface area contributed by atoms with E-state index in [0.29, 0.717) is 10.6 Å². The van der Waals surface area contributed by atoms with Crippen LogP contribution < -0.4 is 0 Å². The van der Waals surface area contributed by atoms with E-state index < -0.39 is 0 Å². The van der Waals surface area contributed by atoms with Crippen LogP contribution in [0.5, 0.6) is 0 Å². The van der Waals surface area contributed by atoms with Crippen molar-refractivity contribution in [2.24, 2.45) is 4.99 Å². The summed E-state index contributed by atoms with van der Waals surface area (Å²) in [7, 11) is 0. The first-order chi connectivity index (χ1) is 12.2. The zero-order valence-electron chi connectivity index (χ0n) is 13.5. The van der Waals surface area contributed by atoms with Crippen LogP contribution in [0.15, 0.2) is 89.9 Å². The van der Waals surface area contributed by atoms with E-state index in [1.165, 1.54) is 0 Å². The largest absolute Gasteiger partial charge is 0.289 e. The number of allylic oxidation sites excluding steroid dienone is 1. The van der Waals surface area contributed by atoms with Gasteiger partial charge in [-0.2, -0.15) is 0 Å². The molecule has 0 spiro atoms. The summed E-state index contributed by atoms with van der Waals surface area (Å²) in [5.74, 6) is -0.0305. The number of hydrogen-bond donors (Lipinski definition) is 0. The molecule has 3 aromatic carbocycles. The van der Waals surface area contributed by atoms with Gasteiger partial charge in [0.15, 0.2) is 5.78 Å². The lowest BCUT2D eigenvalue weighted by atomic mass is 10.1. The molecule has 0 saturated carbocycles. The fourth-order valence-electron chi connectivity index (χ4n) is 2.30. The number of aliphatic imine (C=N–C) groups is 1. The first-order valence-corrected chi connectivity index (χ1v) is 8.26. The Labute approximate surface area is 152 Å². The molecule has 3 heteroatoms. The third-order valence-corrected chi connectivity index (χ3v) is 3.88. The highest BCUT2D eigenvalue weighted by Crippen LogP contribution is 2.20.